The summed E-state index contributed by atoms with van der Waals surface area (Å²) in [4.78, 5) is 14.8. The van der Waals surface area contributed by atoms with Gasteiger partial charge in [0.15, 0.2) is 11.4 Å². The van der Waals surface area contributed by atoms with E-state index in [9.17, 15) is 4.79 Å². The van der Waals surface area contributed by atoms with Gasteiger partial charge in [0.2, 0.25) is 0 Å². The van der Waals surface area contributed by atoms with Crippen LogP contribution in [0.1, 0.15) is 16.1 Å². The lowest BCUT2D eigenvalue weighted by Gasteiger charge is -2.10. The zero-order chi connectivity index (χ0) is 13.0. The number of hydrogen-bond acceptors (Lipinski definition) is 3. The summed E-state index contributed by atoms with van der Waals surface area (Å²) < 4.78 is 6.10. The van der Waals surface area contributed by atoms with Crippen LogP contribution in [0.4, 0.5) is 0 Å². The Balaban J connectivity index is 2.21. The lowest BCUT2D eigenvalue weighted by Crippen LogP contribution is -2.06. The van der Waals surface area contributed by atoms with E-state index in [0.717, 1.165) is 5.56 Å². The quantitative estimate of drug-likeness (QED) is 0.943. The molecule has 92 valence electrons. The maximum atomic E-state index is 11.0. The van der Waals surface area contributed by atoms with Crippen molar-refractivity contribution in [3.05, 3.63) is 58.3 Å². The first kappa shape index (κ1) is 12.6. The number of carbonyl (C=O) groups is 1. The van der Waals surface area contributed by atoms with Crippen molar-refractivity contribution in [1.82, 2.24) is 4.98 Å². The van der Waals surface area contributed by atoms with Crippen LogP contribution in [-0.4, -0.2) is 16.1 Å². The van der Waals surface area contributed by atoms with Crippen LogP contribution < -0.4 is 4.74 Å². The molecular formula is C13H10BrNO3. The molecule has 2 rings (SSSR count). The van der Waals surface area contributed by atoms with E-state index >= 15 is 0 Å². The third-order valence-corrected chi connectivity index (χ3v) is 2.91. The normalized spacial score (nSPS) is 10.1. The number of halogens is 1. The van der Waals surface area contributed by atoms with Gasteiger partial charge in [-0.05, 0) is 27.6 Å². The van der Waals surface area contributed by atoms with Gasteiger partial charge in [0.1, 0.15) is 6.61 Å². The molecular weight excluding hydrogens is 298 g/mol. The first-order chi connectivity index (χ1) is 8.68. The molecule has 0 aliphatic heterocycles. The first-order valence-corrected chi connectivity index (χ1v) is 6.02. The lowest BCUT2D eigenvalue weighted by molar-refractivity contribution is 0.0684. The van der Waals surface area contributed by atoms with E-state index in [1.54, 1.807) is 6.07 Å². The predicted molar refractivity (Wildman–Crippen MR) is 69.7 cm³/mol. The van der Waals surface area contributed by atoms with E-state index in [4.69, 9.17) is 9.84 Å². The highest BCUT2D eigenvalue weighted by Gasteiger charge is 2.16. The minimum atomic E-state index is -1.11. The van der Waals surface area contributed by atoms with Crippen molar-refractivity contribution in [2.45, 2.75) is 6.61 Å². The summed E-state index contributed by atoms with van der Waals surface area (Å²) in [5.41, 5.74) is 0.866. The Morgan fingerprint density at radius 1 is 1.28 bits per heavy atom. The Kier molecular flexibility index (Phi) is 3.94. The Hall–Kier alpha value is -1.88. The molecule has 0 unspecified atom stereocenters. The van der Waals surface area contributed by atoms with Gasteiger partial charge in [-0.25, -0.2) is 9.78 Å². The van der Waals surface area contributed by atoms with Gasteiger partial charge in [-0.3, -0.25) is 0 Å². The highest BCUT2D eigenvalue weighted by Crippen LogP contribution is 2.28. The van der Waals surface area contributed by atoms with Gasteiger partial charge in [0, 0.05) is 6.20 Å². The van der Waals surface area contributed by atoms with Gasteiger partial charge in [-0.2, -0.15) is 0 Å². The van der Waals surface area contributed by atoms with E-state index in [-0.39, 0.29) is 11.4 Å². The third-order valence-electron chi connectivity index (χ3n) is 2.29. The summed E-state index contributed by atoms with van der Waals surface area (Å²) in [7, 11) is 0. The smallest absolute Gasteiger partial charge is 0.358 e. The molecule has 0 radical (unpaired) electrons. The Morgan fingerprint density at radius 3 is 2.67 bits per heavy atom. The van der Waals surface area contributed by atoms with E-state index < -0.39 is 5.97 Å². The fraction of sp³-hybridized carbons (Fsp3) is 0.0769. The SMILES string of the molecule is O=C(O)c1nccc(Br)c1OCc1ccccc1. The highest BCUT2D eigenvalue weighted by molar-refractivity contribution is 9.10. The first-order valence-electron chi connectivity index (χ1n) is 5.23. The molecule has 4 nitrogen and oxygen atoms in total. The van der Waals surface area contributed by atoms with E-state index in [1.165, 1.54) is 6.20 Å². The fourth-order valence-corrected chi connectivity index (χ4v) is 1.86. The molecule has 0 amide bonds. The van der Waals surface area contributed by atoms with Crippen molar-refractivity contribution in [3.8, 4) is 5.75 Å². The second-order valence-electron chi connectivity index (χ2n) is 3.55. The summed E-state index contributed by atoms with van der Waals surface area (Å²) in [5, 5.41) is 9.02. The number of rotatable bonds is 4. The largest absolute Gasteiger partial charge is 0.485 e. The van der Waals surface area contributed by atoms with Gasteiger partial charge in [0.25, 0.3) is 0 Å². The zero-order valence-electron chi connectivity index (χ0n) is 9.34. The van der Waals surface area contributed by atoms with Crippen molar-refractivity contribution >= 4 is 21.9 Å². The summed E-state index contributed by atoms with van der Waals surface area (Å²) in [5.74, 6) is -0.867. The Morgan fingerprint density at radius 2 is 2.00 bits per heavy atom. The molecule has 0 atom stereocenters. The topological polar surface area (TPSA) is 59.4 Å². The fourth-order valence-electron chi connectivity index (χ4n) is 1.44. The molecule has 0 bridgehead atoms. The molecule has 1 aromatic heterocycles. The van der Waals surface area contributed by atoms with E-state index in [1.807, 2.05) is 30.3 Å². The number of nitrogens with zero attached hydrogens (tertiary/aromatic N) is 1. The van der Waals surface area contributed by atoms with Gasteiger partial charge < -0.3 is 9.84 Å². The molecule has 0 saturated carbocycles. The summed E-state index contributed by atoms with van der Waals surface area (Å²) in [6.07, 6.45) is 1.42. The molecule has 0 saturated heterocycles. The number of aromatic carboxylic acids is 1. The van der Waals surface area contributed by atoms with Gasteiger partial charge >= 0.3 is 5.97 Å². The van der Waals surface area contributed by atoms with Crippen LogP contribution >= 0.6 is 15.9 Å². The standard InChI is InChI=1S/C13H10BrNO3/c14-10-6-7-15-11(13(16)17)12(10)18-8-9-4-2-1-3-5-9/h1-7H,8H2,(H,16,17). The number of hydrogen-bond donors (Lipinski definition) is 1. The molecule has 18 heavy (non-hydrogen) atoms. The average Bonchev–Trinajstić information content (AvgIpc) is 2.38. The van der Waals surface area contributed by atoms with Gasteiger partial charge in [-0.1, -0.05) is 30.3 Å². The van der Waals surface area contributed by atoms with Crippen molar-refractivity contribution in [3.63, 3.8) is 0 Å². The zero-order valence-corrected chi connectivity index (χ0v) is 10.9. The lowest BCUT2D eigenvalue weighted by atomic mass is 10.2. The molecule has 1 heterocycles. The van der Waals surface area contributed by atoms with Crippen molar-refractivity contribution in [1.29, 1.82) is 0 Å². The molecule has 0 aliphatic rings. The minimum Gasteiger partial charge on any atom is -0.485 e. The number of ether oxygens (including phenoxy) is 1. The van der Waals surface area contributed by atoms with Crippen molar-refractivity contribution < 1.29 is 14.6 Å². The minimum absolute atomic E-state index is 0.0969. The second kappa shape index (κ2) is 5.64. The molecule has 5 heteroatoms. The maximum Gasteiger partial charge on any atom is 0.358 e. The Bertz CT molecular complexity index is 557. The predicted octanol–water partition coefficient (Wildman–Crippen LogP) is 3.12. The van der Waals surface area contributed by atoms with E-state index in [2.05, 4.69) is 20.9 Å². The summed E-state index contributed by atoms with van der Waals surface area (Å²) in [6.45, 7) is 0.297. The number of carboxylic acids is 1. The number of carboxylic acid groups (broad SMARTS) is 1. The van der Waals surface area contributed by atoms with Crippen LogP contribution in [0.15, 0.2) is 47.1 Å². The van der Waals surface area contributed by atoms with Crippen molar-refractivity contribution in [2.24, 2.45) is 0 Å². The molecule has 0 aliphatic carbocycles. The van der Waals surface area contributed by atoms with Crippen LogP contribution in [0.5, 0.6) is 5.75 Å². The highest BCUT2D eigenvalue weighted by atomic mass is 79.9. The third kappa shape index (κ3) is 2.87. The Labute approximate surface area is 112 Å². The molecule has 2 aromatic rings. The molecule has 0 spiro atoms. The van der Waals surface area contributed by atoms with Gasteiger partial charge in [-0.15, -0.1) is 0 Å². The maximum absolute atomic E-state index is 11.0. The average molecular weight is 308 g/mol. The van der Waals surface area contributed by atoms with Crippen LogP contribution in [0.3, 0.4) is 0 Å². The molecule has 1 aromatic carbocycles. The monoisotopic (exact) mass is 307 g/mol. The number of aromatic nitrogens is 1. The number of benzene rings is 1. The van der Waals surface area contributed by atoms with E-state index in [0.29, 0.717) is 11.1 Å². The molecule has 1 N–H and O–H groups in total. The second-order valence-corrected chi connectivity index (χ2v) is 4.40. The summed E-state index contributed by atoms with van der Waals surface area (Å²) in [6, 6.07) is 11.2. The van der Waals surface area contributed by atoms with Crippen LogP contribution in [-0.2, 0) is 6.61 Å². The van der Waals surface area contributed by atoms with Crippen LogP contribution in [0.2, 0.25) is 0 Å². The molecule has 0 fully saturated rings. The van der Waals surface area contributed by atoms with Gasteiger partial charge in [0.05, 0.1) is 4.47 Å². The van der Waals surface area contributed by atoms with Crippen molar-refractivity contribution in [2.75, 3.05) is 0 Å². The number of pyridine rings is 1. The van der Waals surface area contributed by atoms with Crippen LogP contribution in [0.25, 0.3) is 0 Å². The van der Waals surface area contributed by atoms with Crippen LogP contribution in [0, 0.1) is 0 Å². The summed E-state index contributed by atoms with van der Waals surface area (Å²) >= 11 is 3.26.